The van der Waals surface area contributed by atoms with E-state index in [1.54, 1.807) is 6.07 Å². The fourth-order valence-electron chi connectivity index (χ4n) is 2.74. The van der Waals surface area contributed by atoms with Crippen molar-refractivity contribution in [3.05, 3.63) is 29.8 Å². The highest BCUT2D eigenvalue weighted by molar-refractivity contribution is 5.33. The van der Waals surface area contributed by atoms with Crippen LogP contribution in [0.25, 0.3) is 0 Å². The second-order valence-corrected chi connectivity index (χ2v) is 5.04. The van der Waals surface area contributed by atoms with Crippen LogP contribution in [-0.2, 0) is 5.60 Å². The molecule has 0 aromatic heterocycles. The van der Waals surface area contributed by atoms with Crippen LogP contribution >= 0.6 is 0 Å². The average molecular weight is 271 g/mol. The highest BCUT2D eigenvalue weighted by atomic mass is 16.5. The Morgan fingerprint density at radius 3 is 3.26 bits per heavy atom. The predicted octanol–water partition coefficient (Wildman–Crippen LogP) is 2.63. The first-order chi connectivity index (χ1) is 12.2. The fourth-order valence-corrected chi connectivity index (χ4v) is 2.74. The van der Waals surface area contributed by atoms with Crippen molar-refractivity contribution in [1.29, 1.82) is 0 Å². The summed E-state index contributed by atoms with van der Waals surface area (Å²) in [4.78, 5) is 0.670. The van der Waals surface area contributed by atoms with Crippen LogP contribution in [0.2, 0.25) is 0 Å². The van der Waals surface area contributed by atoms with Crippen LogP contribution in [0.1, 0.15) is 42.2 Å². The van der Waals surface area contributed by atoms with Gasteiger partial charge in [-0.1, -0.05) is 25.0 Å². The van der Waals surface area contributed by atoms with E-state index in [-0.39, 0.29) is 12.2 Å². The quantitative estimate of drug-likeness (QED) is 0.914. The van der Waals surface area contributed by atoms with Crippen molar-refractivity contribution in [2.45, 2.75) is 31.3 Å². The Labute approximate surface area is 127 Å². The van der Waals surface area contributed by atoms with E-state index < -0.39 is 32.0 Å². The topological polar surface area (TPSA) is 32.7 Å². The van der Waals surface area contributed by atoms with Gasteiger partial charge >= 0.3 is 0 Å². The second kappa shape index (κ2) is 5.93. The summed E-state index contributed by atoms with van der Waals surface area (Å²) in [5, 5.41) is 11.4. The molecule has 0 radical (unpaired) electrons. The summed E-state index contributed by atoms with van der Waals surface area (Å²) in [5.41, 5.74) is -1.33. The third-order valence-electron chi connectivity index (χ3n) is 3.68. The Morgan fingerprint density at radius 1 is 1.58 bits per heavy atom. The van der Waals surface area contributed by atoms with E-state index in [1.165, 1.54) is 25.2 Å². The number of aliphatic hydroxyl groups is 1. The van der Waals surface area contributed by atoms with Gasteiger partial charge in [-0.3, -0.25) is 0 Å². The Bertz CT molecular complexity index is 661. The molecule has 0 unspecified atom stereocenters. The van der Waals surface area contributed by atoms with Crippen LogP contribution in [-0.4, -0.2) is 37.6 Å². The lowest BCUT2D eigenvalue weighted by atomic mass is 9.71. The van der Waals surface area contributed by atoms with Gasteiger partial charge < -0.3 is 14.7 Å². The molecular weight excluding hydrogens is 238 g/mol. The summed E-state index contributed by atoms with van der Waals surface area (Å²) in [5.74, 6) is -0.970. The Balaban J connectivity index is 2.44. The number of nitrogens with zero attached hydrogens (tertiary/aromatic N) is 1. The standard InChI is InChI=1S/C16H25NO2/c1-17(2)12-14-7-4-5-10-16(14,18)13-8-6-9-15(11-13)19-3/h6,8-9,11,14,18H,4-5,7,10,12H2,1-3H3/t14-,16+/m0/s1/i1D3,3D3,12D2. The van der Waals surface area contributed by atoms with Crippen molar-refractivity contribution < 1.29 is 20.8 Å². The van der Waals surface area contributed by atoms with Crippen molar-refractivity contribution in [2.75, 3.05) is 27.6 Å². The van der Waals surface area contributed by atoms with Crippen LogP contribution < -0.4 is 4.74 Å². The second-order valence-electron chi connectivity index (χ2n) is 5.04. The highest BCUT2D eigenvalue weighted by Gasteiger charge is 2.40. The van der Waals surface area contributed by atoms with Gasteiger partial charge in [-0.25, -0.2) is 0 Å². The number of benzene rings is 1. The number of methoxy groups -OCH3 is 1. The average Bonchev–Trinajstić information content (AvgIpc) is 2.52. The summed E-state index contributed by atoms with van der Waals surface area (Å²) in [6, 6.07) is 5.94. The highest BCUT2D eigenvalue weighted by Crippen LogP contribution is 2.42. The van der Waals surface area contributed by atoms with Crippen LogP contribution in [0, 0.1) is 5.92 Å². The molecule has 0 saturated heterocycles. The minimum atomic E-state index is -2.66. The molecule has 0 heterocycles. The molecule has 2 rings (SSSR count). The van der Waals surface area contributed by atoms with Crippen molar-refractivity contribution in [2.24, 2.45) is 5.92 Å². The molecule has 1 aliphatic rings. The third kappa shape index (κ3) is 3.10. The van der Waals surface area contributed by atoms with Crippen LogP contribution in [0.15, 0.2) is 24.3 Å². The molecule has 19 heavy (non-hydrogen) atoms. The fraction of sp³-hybridized carbons (Fsp3) is 0.625. The zero-order valence-corrected chi connectivity index (χ0v) is 11.0. The Kier molecular flexibility index (Phi) is 2.21. The van der Waals surface area contributed by atoms with Crippen molar-refractivity contribution in [1.82, 2.24) is 4.90 Å². The summed E-state index contributed by atoms with van der Waals surface area (Å²) < 4.78 is 66.0. The summed E-state index contributed by atoms with van der Waals surface area (Å²) in [6.45, 7) is -4.96. The molecule has 0 bridgehead atoms. The van der Waals surface area contributed by atoms with Gasteiger partial charge in [0.05, 0.1) is 16.8 Å². The number of hydrogen-bond donors (Lipinski definition) is 1. The monoisotopic (exact) mass is 271 g/mol. The van der Waals surface area contributed by atoms with E-state index in [9.17, 15) is 5.11 Å². The molecule has 3 heteroatoms. The molecule has 106 valence electrons. The molecule has 1 saturated carbocycles. The lowest BCUT2D eigenvalue weighted by Gasteiger charge is -2.41. The van der Waals surface area contributed by atoms with E-state index >= 15 is 0 Å². The summed E-state index contributed by atoms with van der Waals surface area (Å²) in [6.07, 6.45) is 1.84. The maximum Gasteiger partial charge on any atom is 0.119 e. The SMILES string of the molecule is [2H]C([2H])([2H])Oc1cccc([C@]2(O)CCCC[C@H]2C([2H])([2H])N(C)C([2H])([2H])[2H])c1. The first kappa shape index (κ1) is 7.09. The van der Waals surface area contributed by atoms with Crippen molar-refractivity contribution >= 4 is 0 Å². The molecule has 2 atom stereocenters. The van der Waals surface area contributed by atoms with Gasteiger partial charge in [0.15, 0.2) is 0 Å². The van der Waals surface area contributed by atoms with Gasteiger partial charge in [-0.05, 0) is 44.6 Å². The zero-order chi connectivity index (χ0) is 20.7. The molecule has 1 aromatic carbocycles. The van der Waals surface area contributed by atoms with E-state index in [2.05, 4.69) is 0 Å². The number of rotatable bonds is 4. The van der Waals surface area contributed by atoms with Gasteiger partial charge in [-0.15, -0.1) is 0 Å². The summed E-state index contributed by atoms with van der Waals surface area (Å²) >= 11 is 0. The van der Waals surface area contributed by atoms with Gasteiger partial charge in [0.2, 0.25) is 0 Å². The Morgan fingerprint density at radius 2 is 2.47 bits per heavy atom. The van der Waals surface area contributed by atoms with E-state index in [0.29, 0.717) is 29.7 Å². The van der Waals surface area contributed by atoms with Crippen LogP contribution in [0.5, 0.6) is 5.75 Å². The molecule has 1 fully saturated rings. The number of ether oxygens (including phenoxy) is 1. The number of hydrogen-bond acceptors (Lipinski definition) is 3. The molecule has 0 spiro atoms. The molecule has 0 aliphatic heterocycles. The first-order valence-corrected chi connectivity index (χ1v) is 6.44. The van der Waals surface area contributed by atoms with Gasteiger partial charge in [-0.2, -0.15) is 0 Å². The molecule has 1 aliphatic carbocycles. The van der Waals surface area contributed by atoms with Crippen molar-refractivity contribution in [3.8, 4) is 5.75 Å². The lowest BCUT2D eigenvalue weighted by Crippen LogP contribution is -2.43. The molecule has 0 amide bonds. The smallest absolute Gasteiger partial charge is 0.119 e. The van der Waals surface area contributed by atoms with Crippen LogP contribution in [0.4, 0.5) is 0 Å². The predicted molar refractivity (Wildman–Crippen MR) is 77.4 cm³/mol. The maximum atomic E-state index is 11.4. The van der Waals surface area contributed by atoms with E-state index in [4.69, 9.17) is 15.7 Å². The molecule has 1 aromatic rings. The first-order valence-electron chi connectivity index (χ1n) is 10.4. The minimum Gasteiger partial charge on any atom is -0.497 e. The van der Waals surface area contributed by atoms with Gasteiger partial charge in [0.1, 0.15) is 5.75 Å². The minimum absolute atomic E-state index is 0.0370. The van der Waals surface area contributed by atoms with E-state index in [0.717, 1.165) is 0 Å². The maximum absolute atomic E-state index is 11.4. The van der Waals surface area contributed by atoms with Gasteiger partial charge in [0.25, 0.3) is 0 Å². The largest absolute Gasteiger partial charge is 0.497 e. The lowest BCUT2D eigenvalue weighted by molar-refractivity contribution is -0.0619. The molecule has 1 N–H and O–H groups in total. The van der Waals surface area contributed by atoms with Crippen LogP contribution in [0.3, 0.4) is 0 Å². The third-order valence-corrected chi connectivity index (χ3v) is 3.68. The summed E-state index contributed by atoms with van der Waals surface area (Å²) in [7, 11) is -1.47. The van der Waals surface area contributed by atoms with E-state index in [1.807, 2.05) is 0 Å². The van der Waals surface area contributed by atoms with Gasteiger partial charge in [0, 0.05) is 19.3 Å². The molecule has 3 nitrogen and oxygen atoms in total. The molecular formula is C16H25NO2. The van der Waals surface area contributed by atoms with Crippen molar-refractivity contribution in [3.63, 3.8) is 0 Å². The zero-order valence-electron chi connectivity index (χ0n) is 19.0. The Hall–Kier alpha value is -1.06. The normalized spacial score (nSPS) is 35.8.